The molecule has 0 aromatic heterocycles. The summed E-state index contributed by atoms with van der Waals surface area (Å²) >= 11 is 11.7. The molecular formula is C23H18Cl2FNO3. The van der Waals surface area contributed by atoms with Crippen LogP contribution in [0.5, 0.6) is 5.75 Å². The van der Waals surface area contributed by atoms with Crippen LogP contribution >= 0.6 is 23.2 Å². The molecule has 0 spiro atoms. The highest BCUT2D eigenvalue weighted by atomic mass is 35.5. The summed E-state index contributed by atoms with van der Waals surface area (Å²) in [6.07, 6.45) is -0.561. The fraction of sp³-hybridized carbons (Fsp3) is 0.130. The van der Waals surface area contributed by atoms with Crippen LogP contribution in [-0.4, -0.2) is 23.7 Å². The van der Waals surface area contributed by atoms with E-state index in [2.05, 4.69) is 5.32 Å². The summed E-state index contributed by atoms with van der Waals surface area (Å²) in [7, 11) is 0. The summed E-state index contributed by atoms with van der Waals surface area (Å²) in [6.45, 7) is 0. The summed E-state index contributed by atoms with van der Waals surface area (Å²) in [4.78, 5) is 25.1. The van der Waals surface area contributed by atoms with E-state index in [9.17, 15) is 14.0 Å². The first kappa shape index (κ1) is 21.8. The Balaban J connectivity index is 1.73. The summed E-state index contributed by atoms with van der Waals surface area (Å²) in [5.74, 6) is -0.417. The lowest BCUT2D eigenvalue weighted by molar-refractivity contribution is 0.0787. The zero-order chi connectivity index (χ0) is 21.5. The molecule has 4 nitrogen and oxygen atoms in total. The molecule has 1 N–H and O–H groups in total. The minimum absolute atomic E-state index is 0.213. The van der Waals surface area contributed by atoms with Crippen molar-refractivity contribution in [2.24, 2.45) is 0 Å². The third-order valence-electron chi connectivity index (χ3n) is 4.27. The SMILES string of the molecule is O=C(Nc1cccc(OC(CCCl)C(=O)c2ccc(F)cc2)c1)c1ccc(Cl)cc1. The number of rotatable bonds is 8. The van der Waals surface area contributed by atoms with Crippen molar-refractivity contribution in [2.45, 2.75) is 12.5 Å². The molecule has 0 fully saturated rings. The number of carbonyl (C=O) groups excluding carboxylic acids is 2. The fourth-order valence-electron chi connectivity index (χ4n) is 2.76. The number of alkyl halides is 1. The van der Waals surface area contributed by atoms with Crippen LogP contribution < -0.4 is 10.1 Å². The molecule has 0 radical (unpaired) electrons. The van der Waals surface area contributed by atoms with Gasteiger partial charge in [0, 0.05) is 40.2 Å². The Morgan fingerprint density at radius 2 is 1.63 bits per heavy atom. The minimum Gasteiger partial charge on any atom is -0.482 e. The predicted octanol–water partition coefficient (Wildman–Crippen LogP) is 5.99. The van der Waals surface area contributed by atoms with Gasteiger partial charge in [-0.1, -0.05) is 17.7 Å². The van der Waals surface area contributed by atoms with Crippen molar-refractivity contribution < 1.29 is 18.7 Å². The molecule has 0 saturated carbocycles. The van der Waals surface area contributed by atoms with E-state index in [0.29, 0.717) is 27.6 Å². The molecule has 0 saturated heterocycles. The summed E-state index contributed by atoms with van der Waals surface area (Å²) in [6, 6.07) is 18.5. The maximum absolute atomic E-state index is 13.1. The lowest BCUT2D eigenvalue weighted by atomic mass is 10.0. The summed E-state index contributed by atoms with van der Waals surface area (Å²) < 4.78 is 19.0. The van der Waals surface area contributed by atoms with Crippen molar-refractivity contribution in [3.05, 3.63) is 94.8 Å². The van der Waals surface area contributed by atoms with Crippen LogP contribution in [0, 0.1) is 5.82 Å². The topological polar surface area (TPSA) is 55.4 Å². The third kappa shape index (κ3) is 5.81. The Morgan fingerprint density at radius 3 is 2.30 bits per heavy atom. The Hall–Kier alpha value is -2.89. The number of carbonyl (C=O) groups is 2. The Labute approximate surface area is 183 Å². The van der Waals surface area contributed by atoms with Crippen LogP contribution in [-0.2, 0) is 0 Å². The maximum atomic E-state index is 13.1. The zero-order valence-corrected chi connectivity index (χ0v) is 17.3. The molecule has 1 atom stereocenters. The molecule has 154 valence electrons. The van der Waals surface area contributed by atoms with E-state index in [1.54, 1.807) is 48.5 Å². The average Bonchev–Trinajstić information content (AvgIpc) is 2.74. The molecule has 1 unspecified atom stereocenters. The summed E-state index contributed by atoms with van der Waals surface area (Å²) in [5.41, 5.74) is 1.29. The van der Waals surface area contributed by atoms with Crippen LogP contribution in [0.2, 0.25) is 5.02 Å². The number of amides is 1. The van der Waals surface area contributed by atoms with Crippen molar-refractivity contribution >= 4 is 40.6 Å². The number of ketones is 1. The molecule has 0 aliphatic carbocycles. The standard InChI is InChI=1S/C23H18Cl2FNO3/c24-13-12-21(22(28)15-6-10-18(26)11-7-15)30-20-3-1-2-19(14-20)27-23(29)16-4-8-17(25)9-5-16/h1-11,14,21H,12-13H2,(H,27,29). The van der Waals surface area contributed by atoms with E-state index >= 15 is 0 Å². The number of nitrogens with one attached hydrogen (secondary N) is 1. The highest BCUT2D eigenvalue weighted by Crippen LogP contribution is 2.22. The van der Waals surface area contributed by atoms with Crippen molar-refractivity contribution in [1.29, 1.82) is 0 Å². The fourth-order valence-corrected chi connectivity index (χ4v) is 3.08. The van der Waals surface area contributed by atoms with Crippen LogP contribution in [0.15, 0.2) is 72.8 Å². The first-order valence-corrected chi connectivity index (χ1v) is 10.1. The Kier molecular flexibility index (Phi) is 7.44. The normalized spacial score (nSPS) is 11.6. The van der Waals surface area contributed by atoms with Gasteiger partial charge in [0.25, 0.3) is 5.91 Å². The van der Waals surface area contributed by atoms with Gasteiger partial charge in [-0.3, -0.25) is 9.59 Å². The van der Waals surface area contributed by atoms with Gasteiger partial charge in [0.2, 0.25) is 5.78 Å². The van der Waals surface area contributed by atoms with E-state index in [1.807, 2.05) is 0 Å². The summed E-state index contributed by atoms with van der Waals surface area (Å²) in [5, 5.41) is 3.32. The highest BCUT2D eigenvalue weighted by molar-refractivity contribution is 6.30. The van der Waals surface area contributed by atoms with Gasteiger partial charge in [0.1, 0.15) is 11.6 Å². The molecule has 1 amide bonds. The van der Waals surface area contributed by atoms with E-state index < -0.39 is 11.9 Å². The van der Waals surface area contributed by atoms with Gasteiger partial charge in [0.05, 0.1) is 0 Å². The van der Waals surface area contributed by atoms with Gasteiger partial charge in [-0.15, -0.1) is 11.6 Å². The molecule has 0 aliphatic heterocycles. The van der Waals surface area contributed by atoms with Gasteiger partial charge in [-0.2, -0.15) is 0 Å². The number of halogens is 3. The average molecular weight is 446 g/mol. The first-order chi connectivity index (χ1) is 14.5. The van der Waals surface area contributed by atoms with Gasteiger partial charge < -0.3 is 10.1 Å². The molecule has 3 aromatic carbocycles. The van der Waals surface area contributed by atoms with Gasteiger partial charge in [-0.05, 0) is 60.7 Å². The highest BCUT2D eigenvalue weighted by Gasteiger charge is 2.22. The van der Waals surface area contributed by atoms with Crippen LogP contribution in [0.4, 0.5) is 10.1 Å². The predicted molar refractivity (Wildman–Crippen MR) is 116 cm³/mol. The molecule has 0 bridgehead atoms. The zero-order valence-electron chi connectivity index (χ0n) is 15.8. The number of anilines is 1. The number of Topliss-reactive ketones (excluding diaryl/α,β-unsaturated/α-hetero) is 1. The van der Waals surface area contributed by atoms with E-state index in [-0.39, 0.29) is 24.0 Å². The van der Waals surface area contributed by atoms with Gasteiger partial charge in [-0.25, -0.2) is 4.39 Å². The van der Waals surface area contributed by atoms with E-state index in [1.165, 1.54) is 24.3 Å². The van der Waals surface area contributed by atoms with Crippen LogP contribution in [0.1, 0.15) is 27.1 Å². The quantitative estimate of drug-likeness (QED) is 0.342. The van der Waals surface area contributed by atoms with Gasteiger partial charge in [0.15, 0.2) is 6.10 Å². The number of hydrogen-bond acceptors (Lipinski definition) is 3. The number of ether oxygens (including phenoxy) is 1. The monoisotopic (exact) mass is 445 g/mol. The van der Waals surface area contributed by atoms with Crippen molar-refractivity contribution in [1.82, 2.24) is 0 Å². The van der Waals surface area contributed by atoms with Crippen molar-refractivity contribution in [3.63, 3.8) is 0 Å². The molecular weight excluding hydrogens is 428 g/mol. The maximum Gasteiger partial charge on any atom is 0.255 e. The Morgan fingerprint density at radius 1 is 0.967 bits per heavy atom. The van der Waals surface area contributed by atoms with Crippen LogP contribution in [0.25, 0.3) is 0 Å². The lowest BCUT2D eigenvalue weighted by Gasteiger charge is -2.18. The van der Waals surface area contributed by atoms with Crippen molar-refractivity contribution in [3.8, 4) is 5.75 Å². The number of benzene rings is 3. The molecule has 0 aliphatic rings. The van der Waals surface area contributed by atoms with E-state index in [4.69, 9.17) is 27.9 Å². The van der Waals surface area contributed by atoms with Gasteiger partial charge >= 0.3 is 0 Å². The smallest absolute Gasteiger partial charge is 0.255 e. The first-order valence-electron chi connectivity index (χ1n) is 9.15. The molecule has 3 rings (SSSR count). The molecule has 0 heterocycles. The lowest BCUT2D eigenvalue weighted by Crippen LogP contribution is -2.28. The molecule has 3 aromatic rings. The van der Waals surface area contributed by atoms with Crippen LogP contribution in [0.3, 0.4) is 0 Å². The molecule has 7 heteroatoms. The second-order valence-electron chi connectivity index (χ2n) is 6.44. The third-order valence-corrected chi connectivity index (χ3v) is 4.74. The van der Waals surface area contributed by atoms with E-state index in [0.717, 1.165) is 0 Å². The number of hydrogen-bond donors (Lipinski definition) is 1. The minimum atomic E-state index is -0.838. The van der Waals surface area contributed by atoms with Crippen molar-refractivity contribution in [2.75, 3.05) is 11.2 Å². The second kappa shape index (κ2) is 10.2. The second-order valence-corrected chi connectivity index (χ2v) is 7.26. The largest absolute Gasteiger partial charge is 0.482 e. The Bertz CT molecular complexity index is 1020. The molecule has 30 heavy (non-hydrogen) atoms.